The van der Waals surface area contributed by atoms with Crippen LogP contribution in [0.5, 0.6) is 5.75 Å². The monoisotopic (exact) mass is 314 g/mol. The molecule has 0 spiro atoms. The molecular formula is C13H18N2O7. The molecule has 122 valence electrons. The number of nitrogens with one attached hydrogen (secondary N) is 1. The Morgan fingerprint density at radius 3 is 2.41 bits per heavy atom. The van der Waals surface area contributed by atoms with Crippen molar-refractivity contribution in [3.8, 4) is 5.75 Å². The fourth-order valence-electron chi connectivity index (χ4n) is 1.52. The van der Waals surface area contributed by atoms with Crippen LogP contribution < -0.4 is 5.43 Å². The number of para-hydroxylation sites is 1. The van der Waals surface area contributed by atoms with Crippen LogP contribution in [0.15, 0.2) is 29.4 Å². The van der Waals surface area contributed by atoms with Gasteiger partial charge >= 0.3 is 0 Å². The fraction of sp³-hybridized carbons (Fsp3) is 0.385. The number of phenols is 1. The summed E-state index contributed by atoms with van der Waals surface area (Å²) in [6.07, 6.45) is -6.20. The second kappa shape index (κ2) is 8.41. The molecule has 0 bridgehead atoms. The number of carbonyl (C=O) groups excluding carboxylic acids is 1. The topological polar surface area (TPSA) is 163 Å². The van der Waals surface area contributed by atoms with Crippen LogP contribution in [-0.2, 0) is 0 Å². The summed E-state index contributed by atoms with van der Waals surface area (Å²) in [6, 6.07) is 5.73. The van der Waals surface area contributed by atoms with E-state index in [-0.39, 0.29) is 11.3 Å². The van der Waals surface area contributed by atoms with Crippen molar-refractivity contribution in [1.29, 1.82) is 0 Å². The smallest absolute Gasteiger partial charge is 0.275 e. The molecule has 1 rings (SSSR count). The van der Waals surface area contributed by atoms with Crippen LogP contribution in [0.4, 0.5) is 0 Å². The Morgan fingerprint density at radius 2 is 1.82 bits per heavy atom. The Labute approximate surface area is 125 Å². The first-order valence-corrected chi connectivity index (χ1v) is 6.33. The van der Waals surface area contributed by atoms with Crippen LogP contribution in [0.2, 0.25) is 0 Å². The Bertz CT molecular complexity index is 523. The number of benzene rings is 1. The van der Waals surface area contributed by atoms with E-state index in [1.165, 1.54) is 24.3 Å². The average Bonchev–Trinajstić information content (AvgIpc) is 2.52. The number of carbonyl (C=O) groups is 1. The second-order valence-corrected chi connectivity index (χ2v) is 4.46. The molecule has 0 unspecified atom stereocenters. The van der Waals surface area contributed by atoms with Crippen LogP contribution in [0.3, 0.4) is 0 Å². The number of amides is 1. The first-order valence-electron chi connectivity index (χ1n) is 6.33. The maximum atomic E-state index is 11.7. The fourth-order valence-corrected chi connectivity index (χ4v) is 1.52. The summed E-state index contributed by atoms with van der Waals surface area (Å²) < 4.78 is 0. The Kier molecular flexibility index (Phi) is 6.89. The van der Waals surface area contributed by atoms with Crippen LogP contribution in [0.25, 0.3) is 0 Å². The minimum atomic E-state index is -1.81. The number of hydrazone groups is 1. The molecule has 0 aromatic heterocycles. The molecule has 0 saturated heterocycles. The van der Waals surface area contributed by atoms with E-state index in [9.17, 15) is 25.2 Å². The maximum absolute atomic E-state index is 11.7. The average molecular weight is 314 g/mol. The number of hydrogen-bond donors (Lipinski definition) is 7. The van der Waals surface area contributed by atoms with Gasteiger partial charge in [0.25, 0.3) is 5.91 Å². The number of aliphatic hydroxyl groups excluding tert-OH is 5. The molecule has 4 atom stereocenters. The summed E-state index contributed by atoms with van der Waals surface area (Å²) in [4.78, 5) is 11.7. The molecule has 0 saturated carbocycles. The summed E-state index contributed by atoms with van der Waals surface area (Å²) in [7, 11) is 0. The van der Waals surface area contributed by atoms with Crippen molar-refractivity contribution in [1.82, 2.24) is 5.43 Å². The van der Waals surface area contributed by atoms with E-state index >= 15 is 0 Å². The molecule has 0 heterocycles. The van der Waals surface area contributed by atoms with E-state index in [0.29, 0.717) is 0 Å². The van der Waals surface area contributed by atoms with E-state index in [4.69, 9.17) is 10.2 Å². The highest BCUT2D eigenvalue weighted by atomic mass is 16.4. The van der Waals surface area contributed by atoms with E-state index in [0.717, 1.165) is 6.21 Å². The zero-order valence-corrected chi connectivity index (χ0v) is 11.4. The molecule has 1 amide bonds. The molecule has 0 aliphatic heterocycles. The maximum Gasteiger partial charge on any atom is 0.275 e. The standard InChI is InChI=1S/C13H18N2O7/c16-6-10(19)12(21)11(20)9(18)5-14-15-13(22)7-3-1-2-4-8(7)17/h1-5,9-12,16-21H,6H2,(H,15,22)/b14-5-/t9-,10-,11-,12+/m0/s1. The van der Waals surface area contributed by atoms with Crippen LogP contribution >= 0.6 is 0 Å². The van der Waals surface area contributed by atoms with Gasteiger partial charge in [-0.1, -0.05) is 12.1 Å². The van der Waals surface area contributed by atoms with E-state index in [2.05, 4.69) is 5.10 Å². The SMILES string of the molecule is O=C(N/N=C\[C@H](O)[C@H](O)[C@H](O)[C@@H](O)CO)c1ccccc1O. The van der Waals surface area contributed by atoms with Crippen LogP contribution in [-0.4, -0.2) is 73.8 Å². The van der Waals surface area contributed by atoms with Gasteiger partial charge in [-0.05, 0) is 12.1 Å². The van der Waals surface area contributed by atoms with E-state index in [1.807, 2.05) is 5.43 Å². The zero-order chi connectivity index (χ0) is 16.7. The van der Waals surface area contributed by atoms with Gasteiger partial charge in [-0.25, -0.2) is 5.43 Å². The molecule has 0 aliphatic rings. The number of aromatic hydroxyl groups is 1. The lowest BCUT2D eigenvalue weighted by Gasteiger charge is -2.23. The van der Waals surface area contributed by atoms with Crippen molar-refractivity contribution in [2.75, 3.05) is 6.61 Å². The zero-order valence-electron chi connectivity index (χ0n) is 11.4. The van der Waals surface area contributed by atoms with Gasteiger partial charge in [0.2, 0.25) is 0 Å². The summed E-state index contributed by atoms with van der Waals surface area (Å²) in [5.74, 6) is -0.996. The third-order valence-electron chi connectivity index (χ3n) is 2.82. The lowest BCUT2D eigenvalue weighted by atomic mass is 10.0. The lowest BCUT2D eigenvalue weighted by molar-refractivity contribution is -0.0999. The molecule has 0 aliphatic carbocycles. The van der Waals surface area contributed by atoms with Crippen molar-refractivity contribution in [2.24, 2.45) is 5.10 Å². The van der Waals surface area contributed by atoms with Gasteiger partial charge in [-0.15, -0.1) is 0 Å². The quantitative estimate of drug-likeness (QED) is 0.217. The molecule has 0 fully saturated rings. The molecule has 22 heavy (non-hydrogen) atoms. The Morgan fingerprint density at radius 1 is 1.18 bits per heavy atom. The minimum absolute atomic E-state index is 0.0366. The van der Waals surface area contributed by atoms with Crippen molar-refractivity contribution >= 4 is 12.1 Å². The Balaban J connectivity index is 2.58. The van der Waals surface area contributed by atoms with E-state index < -0.39 is 36.9 Å². The molecule has 9 nitrogen and oxygen atoms in total. The predicted octanol–water partition coefficient (Wildman–Crippen LogP) is -2.46. The van der Waals surface area contributed by atoms with Gasteiger partial charge in [-0.2, -0.15) is 5.10 Å². The minimum Gasteiger partial charge on any atom is -0.507 e. The highest BCUT2D eigenvalue weighted by Crippen LogP contribution is 2.14. The normalized spacial score (nSPS) is 17.0. The highest BCUT2D eigenvalue weighted by Gasteiger charge is 2.29. The number of nitrogens with zero attached hydrogens (tertiary/aromatic N) is 1. The van der Waals surface area contributed by atoms with Crippen LogP contribution in [0, 0.1) is 0 Å². The van der Waals surface area contributed by atoms with Crippen molar-refractivity contribution in [3.05, 3.63) is 29.8 Å². The second-order valence-electron chi connectivity index (χ2n) is 4.46. The number of rotatable bonds is 7. The first kappa shape index (κ1) is 18.0. The largest absolute Gasteiger partial charge is 0.507 e. The molecule has 0 radical (unpaired) electrons. The number of phenolic OH excluding ortho intramolecular Hbond substituents is 1. The van der Waals surface area contributed by atoms with Gasteiger partial charge in [0, 0.05) is 0 Å². The van der Waals surface area contributed by atoms with E-state index in [1.54, 1.807) is 0 Å². The molecule has 7 N–H and O–H groups in total. The third kappa shape index (κ3) is 4.76. The summed E-state index contributed by atoms with van der Waals surface area (Å²) in [5.41, 5.74) is 1.98. The lowest BCUT2D eigenvalue weighted by Crippen LogP contribution is -2.46. The summed E-state index contributed by atoms with van der Waals surface area (Å²) in [6.45, 7) is -0.799. The summed E-state index contributed by atoms with van der Waals surface area (Å²) >= 11 is 0. The number of aliphatic hydroxyl groups is 5. The van der Waals surface area contributed by atoms with Gasteiger partial charge < -0.3 is 30.6 Å². The van der Waals surface area contributed by atoms with Crippen LogP contribution in [0.1, 0.15) is 10.4 Å². The Hall–Kier alpha value is -2.04. The predicted molar refractivity (Wildman–Crippen MR) is 75.2 cm³/mol. The molecule has 9 heteroatoms. The number of hydrogen-bond acceptors (Lipinski definition) is 8. The molecule has 1 aromatic carbocycles. The van der Waals surface area contributed by atoms with Crippen molar-refractivity contribution in [2.45, 2.75) is 24.4 Å². The van der Waals surface area contributed by atoms with Crippen molar-refractivity contribution < 1.29 is 35.4 Å². The van der Waals surface area contributed by atoms with Gasteiger partial charge in [0.05, 0.1) is 18.4 Å². The van der Waals surface area contributed by atoms with Gasteiger partial charge in [0.1, 0.15) is 30.2 Å². The van der Waals surface area contributed by atoms with Crippen molar-refractivity contribution in [3.63, 3.8) is 0 Å². The summed E-state index contributed by atoms with van der Waals surface area (Å²) in [5, 5.41) is 59.0. The van der Waals surface area contributed by atoms with Gasteiger partial charge in [-0.3, -0.25) is 4.79 Å². The molecular weight excluding hydrogens is 296 g/mol. The first-order chi connectivity index (χ1) is 10.4. The molecule has 1 aromatic rings. The highest BCUT2D eigenvalue weighted by molar-refractivity contribution is 5.96. The third-order valence-corrected chi connectivity index (χ3v) is 2.82. The van der Waals surface area contributed by atoms with Gasteiger partial charge in [0.15, 0.2) is 0 Å².